The first-order valence-corrected chi connectivity index (χ1v) is 6.47. The predicted molar refractivity (Wildman–Crippen MR) is 70.6 cm³/mol. The summed E-state index contributed by atoms with van der Waals surface area (Å²) in [6, 6.07) is 10.1. The van der Waals surface area contributed by atoms with Crippen LogP contribution in [-0.2, 0) is 4.79 Å². The molecule has 2 nitrogen and oxygen atoms in total. The Kier molecular flexibility index (Phi) is 5.53. The summed E-state index contributed by atoms with van der Waals surface area (Å²) in [5.41, 5.74) is 1.19. The van der Waals surface area contributed by atoms with Gasteiger partial charge in [-0.2, -0.15) is 0 Å². The fourth-order valence-electron chi connectivity index (χ4n) is 1.43. The maximum atomic E-state index is 11.5. The number of rotatable bonds is 5. The van der Waals surface area contributed by atoms with Crippen molar-refractivity contribution >= 4 is 21.8 Å². The summed E-state index contributed by atoms with van der Waals surface area (Å²) >= 11 is 3.57. The zero-order chi connectivity index (χ0) is 12.0. The summed E-state index contributed by atoms with van der Waals surface area (Å²) in [4.78, 5) is 11.6. The highest BCUT2D eigenvalue weighted by molar-refractivity contribution is 9.09. The Morgan fingerprint density at radius 3 is 2.50 bits per heavy atom. The summed E-state index contributed by atoms with van der Waals surface area (Å²) in [6.45, 7) is 4.72. The lowest BCUT2D eigenvalue weighted by atomic mass is 10.1. The molecule has 0 radical (unpaired) electrons. The molecule has 0 bridgehead atoms. The second-order valence-electron chi connectivity index (χ2n) is 4.28. The molecule has 0 aliphatic carbocycles. The number of alkyl halides is 1. The first kappa shape index (κ1) is 13.2. The van der Waals surface area contributed by atoms with Gasteiger partial charge in [-0.25, -0.2) is 0 Å². The van der Waals surface area contributed by atoms with Gasteiger partial charge in [0.15, 0.2) is 0 Å². The lowest BCUT2D eigenvalue weighted by Crippen LogP contribution is -2.27. The molecule has 0 aromatic heterocycles. The lowest BCUT2D eigenvalue weighted by molar-refractivity contribution is -0.121. The van der Waals surface area contributed by atoms with E-state index < -0.39 is 0 Å². The number of carbonyl (C=O) groups is 1. The topological polar surface area (TPSA) is 29.1 Å². The van der Waals surface area contributed by atoms with Gasteiger partial charge in [-0.3, -0.25) is 4.79 Å². The third kappa shape index (κ3) is 4.79. The predicted octanol–water partition coefficient (Wildman–Crippen LogP) is 3.28. The van der Waals surface area contributed by atoms with Gasteiger partial charge < -0.3 is 5.32 Å². The molecule has 1 rings (SSSR count). The van der Waals surface area contributed by atoms with E-state index in [9.17, 15) is 4.79 Å². The molecule has 0 aliphatic heterocycles. The zero-order valence-electron chi connectivity index (χ0n) is 9.74. The van der Waals surface area contributed by atoms with Crippen LogP contribution in [0.4, 0.5) is 0 Å². The molecule has 0 fully saturated rings. The Morgan fingerprint density at radius 1 is 1.31 bits per heavy atom. The molecule has 1 unspecified atom stereocenters. The van der Waals surface area contributed by atoms with Gasteiger partial charge in [-0.05, 0) is 11.5 Å². The van der Waals surface area contributed by atoms with Crippen LogP contribution >= 0.6 is 15.9 Å². The Bertz CT molecular complexity index is 324. The molecule has 0 saturated carbocycles. The highest BCUT2D eigenvalue weighted by Gasteiger charge is 2.09. The molecule has 1 aromatic carbocycles. The van der Waals surface area contributed by atoms with Gasteiger partial charge in [0.1, 0.15) is 0 Å². The van der Waals surface area contributed by atoms with E-state index in [4.69, 9.17) is 0 Å². The Hall–Kier alpha value is -0.830. The van der Waals surface area contributed by atoms with E-state index in [-0.39, 0.29) is 10.7 Å². The number of benzene rings is 1. The average Bonchev–Trinajstić information content (AvgIpc) is 2.26. The summed E-state index contributed by atoms with van der Waals surface area (Å²) in [7, 11) is 0. The SMILES string of the molecule is CC(C)CC(=O)NCC(Br)c1ccccc1. The standard InChI is InChI=1S/C13H18BrNO/c1-10(2)8-13(16)15-9-12(14)11-6-4-3-5-7-11/h3-7,10,12H,8-9H2,1-2H3,(H,15,16). The van der Waals surface area contributed by atoms with Crippen LogP contribution in [0.25, 0.3) is 0 Å². The minimum atomic E-state index is 0.121. The van der Waals surface area contributed by atoms with Crippen LogP contribution in [0.15, 0.2) is 30.3 Å². The number of halogens is 1. The quantitative estimate of drug-likeness (QED) is 0.826. The van der Waals surface area contributed by atoms with E-state index in [2.05, 4.69) is 21.2 Å². The highest BCUT2D eigenvalue weighted by Crippen LogP contribution is 2.21. The number of nitrogens with one attached hydrogen (secondary N) is 1. The van der Waals surface area contributed by atoms with Gasteiger partial charge in [0, 0.05) is 13.0 Å². The van der Waals surface area contributed by atoms with E-state index in [1.165, 1.54) is 5.56 Å². The highest BCUT2D eigenvalue weighted by atomic mass is 79.9. The van der Waals surface area contributed by atoms with Crippen LogP contribution in [0.1, 0.15) is 30.7 Å². The van der Waals surface area contributed by atoms with Crippen molar-refractivity contribution in [2.45, 2.75) is 25.1 Å². The second-order valence-corrected chi connectivity index (χ2v) is 5.39. The number of carbonyl (C=O) groups excluding carboxylic acids is 1. The molecule has 0 aliphatic rings. The minimum Gasteiger partial charge on any atom is -0.355 e. The Labute approximate surface area is 106 Å². The maximum Gasteiger partial charge on any atom is 0.220 e. The molecule has 16 heavy (non-hydrogen) atoms. The van der Waals surface area contributed by atoms with Crippen molar-refractivity contribution in [3.05, 3.63) is 35.9 Å². The van der Waals surface area contributed by atoms with Crippen molar-refractivity contribution in [1.82, 2.24) is 5.32 Å². The molecule has 1 N–H and O–H groups in total. The molecule has 0 heterocycles. The van der Waals surface area contributed by atoms with Crippen molar-refractivity contribution in [2.24, 2.45) is 5.92 Å². The smallest absolute Gasteiger partial charge is 0.220 e. The van der Waals surface area contributed by atoms with Crippen LogP contribution in [-0.4, -0.2) is 12.5 Å². The minimum absolute atomic E-state index is 0.121. The summed E-state index contributed by atoms with van der Waals surface area (Å²) < 4.78 is 0. The van der Waals surface area contributed by atoms with Gasteiger partial charge in [0.05, 0.1) is 4.83 Å². The van der Waals surface area contributed by atoms with Gasteiger partial charge in [0.2, 0.25) is 5.91 Å². The van der Waals surface area contributed by atoms with Crippen LogP contribution in [0.5, 0.6) is 0 Å². The lowest BCUT2D eigenvalue weighted by Gasteiger charge is -2.12. The summed E-state index contributed by atoms with van der Waals surface area (Å²) in [5.74, 6) is 0.529. The van der Waals surface area contributed by atoms with E-state index >= 15 is 0 Å². The molecular formula is C13H18BrNO. The largest absolute Gasteiger partial charge is 0.355 e. The van der Waals surface area contributed by atoms with Gasteiger partial charge in [-0.15, -0.1) is 0 Å². The van der Waals surface area contributed by atoms with Gasteiger partial charge in [-0.1, -0.05) is 60.1 Å². The fraction of sp³-hybridized carbons (Fsp3) is 0.462. The van der Waals surface area contributed by atoms with Gasteiger partial charge >= 0.3 is 0 Å². The molecule has 88 valence electrons. The monoisotopic (exact) mass is 283 g/mol. The summed E-state index contributed by atoms with van der Waals surface area (Å²) in [5, 5.41) is 2.93. The molecule has 1 atom stereocenters. The van der Waals surface area contributed by atoms with E-state index in [0.29, 0.717) is 18.9 Å². The molecule has 0 spiro atoms. The van der Waals surface area contributed by atoms with Crippen molar-refractivity contribution < 1.29 is 4.79 Å². The van der Waals surface area contributed by atoms with Crippen LogP contribution in [0, 0.1) is 5.92 Å². The molecule has 1 aromatic rings. The average molecular weight is 284 g/mol. The van der Waals surface area contributed by atoms with Crippen molar-refractivity contribution in [1.29, 1.82) is 0 Å². The van der Waals surface area contributed by atoms with Crippen LogP contribution in [0.2, 0.25) is 0 Å². The van der Waals surface area contributed by atoms with Crippen molar-refractivity contribution in [3.8, 4) is 0 Å². The molecular weight excluding hydrogens is 266 g/mol. The van der Waals surface area contributed by atoms with Crippen molar-refractivity contribution in [3.63, 3.8) is 0 Å². The Morgan fingerprint density at radius 2 is 1.94 bits per heavy atom. The number of hydrogen-bond donors (Lipinski definition) is 1. The third-order valence-corrected chi connectivity index (χ3v) is 3.09. The number of hydrogen-bond acceptors (Lipinski definition) is 1. The van der Waals surface area contributed by atoms with Gasteiger partial charge in [0.25, 0.3) is 0 Å². The molecule has 3 heteroatoms. The normalized spacial score (nSPS) is 12.5. The van der Waals surface area contributed by atoms with Crippen molar-refractivity contribution in [2.75, 3.05) is 6.54 Å². The van der Waals surface area contributed by atoms with E-state index in [0.717, 1.165) is 0 Å². The molecule has 0 saturated heterocycles. The first-order chi connectivity index (χ1) is 7.59. The second kappa shape index (κ2) is 6.69. The number of amides is 1. The maximum absolute atomic E-state index is 11.5. The third-order valence-electron chi connectivity index (χ3n) is 2.23. The molecule has 1 amide bonds. The van der Waals surface area contributed by atoms with E-state index in [1.807, 2.05) is 44.2 Å². The van der Waals surface area contributed by atoms with E-state index in [1.54, 1.807) is 0 Å². The van der Waals surface area contributed by atoms with Crippen LogP contribution in [0.3, 0.4) is 0 Å². The first-order valence-electron chi connectivity index (χ1n) is 5.55. The summed E-state index contributed by atoms with van der Waals surface area (Å²) in [6.07, 6.45) is 0.592. The fourth-order valence-corrected chi connectivity index (χ4v) is 1.89. The Balaban J connectivity index is 2.36. The van der Waals surface area contributed by atoms with Crippen LogP contribution < -0.4 is 5.32 Å². The zero-order valence-corrected chi connectivity index (χ0v) is 11.3.